The molecule has 0 rings (SSSR count). The van der Waals surface area contributed by atoms with Crippen molar-refractivity contribution in [2.24, 2.45) is 5.92 Å². The summed E-state index contributed by atoms with van der Waals surface area (Å²) in [6, 6.07) is 0. The van der Waals surface area contributed by atoms with Crippen LogP contribution in [0.5, 0.6) is 0 Å². The molecular formula is C6H10Cl2O. The summed E-state index contributed by atoms with van der Waals surface area (Å²) in [7, 11) is 0. The lowest BCUT2D eigenvalue weighted by atomic mass is 10.1. The minimum atomic E-state index is -0.532. The summed E-state index contributed by atoms with van der Waals surface area (Å²) in [4.78, 5) is 0. The van der Waals surface area contributed by atoms with Crippen molar-refractivity contribution in [1.29, 1.82) is 0 Å². The van der Waals surface area contributed by atoms with E-state index in [1.54, 1.807) is 0 Å². The standard InChI is InChI=1S/C6H10Cl2O/c1-4(2)5(9)3-6(7)8/h3-5,9H,1-2H3. The van der Waals surface area contributed by atoms with Gasteiger partial charge >= 0.3 is 0 Å². The molecule has 3 heteroatoms. The van der Waals surface area contributed by atoms with Gasteiger partial charge in [-0.25, -0.2) is 0 Å². The summed E-state index contributed by atoms with van der Waals surface area (Å²) in [6.45, 7) is 3.77. The fraction of sp³-hybridized carbons (Fsp3) is 0.667. The van der Waals surface area contributed by atoms with Crippen LogP contribution in [0.15, 0.2) is 10.6 Å². The fourth-order valence-electron chi connectivity index (χ4n) is 0.322. The number of hydrogen-bond donors (Lipinski definition) is 1. The first-order valence-electron chi connectivity index (χ1n) is 2.75. The van der Waals surface area contributed by atoms with Crippen molar-refractivity contribution >= 4 is 23.2 Å². The van der Waals surface area contributed by atoms with Gasteiger partial charge in [0.15, 0.2) is 0 Å². The average Bonchev–Trinajstić information content (AvgIpc) is 1.63. The maximum atomic E-state index is 9.05. The Hall–Kier alpha value is 0.280. The van der Waals surface area contributed by atoms with Gasteiger partial charge in [-0.05, 0) is 12.0 Å². The third kappa shape index (κ3) is 4.76. The highest BCUT2D eigenvalue weighted by Crippen LogP contribution is 2.11. The minimum Gasteiger partial charge on any atom is -0.389 e. The van der Waals surface area contributed by atoms with Crippen molar-refractivity contribution in [2.75, 3.05) is 0 Å². The molecule has 0 amide bonds. The Morgan fingerprint density at radius 3 is 2.00 bits per heavy atom. The molecule has 0 aromatic carbocycles. The molecule has 1 N–H and O–H groups in total. The summed E-state index contributed by atoms with van der Waals surface area (Å²) in [6.07, 6.45) is 0.878. The van der Waals surface area contributed by atoms with Crippen LogP contribution in [-0.4, -0.2) is 11.2 Å². The summed E-state index contributed by atoms with van der Waals surface area (Å²) in [5.41, 5.74) is 0. The van der Waals surface area contributed by atoms with Gasteiger partial charge in [0.25, 0.3) is 0 Å². The van der Waals surface area contributed by atoms with Crippen molar-refractivity contribution in [3.8, 4) is 0 Å². The van der Waals surface area contributed by atoms with Gasteiger partial charge in [-0.2, -0.15) is 0 Å². The molecule has 0 aliphatic rings. The van der Waals surface area contributed by atoms with Gasteiger partial charge in [-0.3, -0.25) is 0 Å². The molecule has 0 fully saturated rings. The largest absolute Gasteiger partial charge is 0.389 e. The first-order valence-corrected chi connectivity index (χ1v) is 3.50. The zero-order valence-electron chi connectivity index (χ0n) is 5.44. The molecular weight excluding hydrogens is 159 g/mol. The molecule has 1 unspecified atom stereocenters. The van der Waals surface area contributed by atoms with Crippen LogP contribution in [0, 0.1) is 5.92 Å². The molecule has 1 atom stereocenters. The Balaban J connectivity index is 3.76. The predicted molar refractivity (Wildman–Crippen MR) is 40.6 cm³/mol. The topological polar surface area (TPSA) is 20.2 Å². The molecule has 54 valence electrons. The second-order valence-electron chi connectivity index (χ2n) is 2.19. The van der Waals surface area contributed by atoms with Crippen LogP contribution in [0.2, 0.25) is 0 Å². The molecule has 1 nitrogen and oxygen atoms in total. The molecule has 0 aliphatic heterocycles. The van der Waals surface area contributed by atoms with Gasteiger partial charge in [0.05, 0.1) is 6.10 Å². The predicted octanol–water partition coefficient (Wildman–Crippen LogP) is 2.32. The van der Waals surface area contributed by atoms with E-state index in [9.17, 15) is 0 Å². The van der Waals surface area contributed by atoms with Crippen LogP contribution in [0.3, 0.4) is 0 Å². The normalized spacial score (nSPS) is 13.6. The molecule has 0 bridgehead atoms. The van der Waals surface area contributed by atoms with E-state index >= 15 is 0 Å². The van der Waals surface area contributed by atoms with Crippen molar-refractivity contribution in [3.05, 3.63) is 10.6 Å². The molecule has 0 radical (unpaired) electrons. The van der Waals surface area contributed by atoms with Crippen molar-refractivity contribution < 1.29 is 5.11 Å². The summed E-state index contributed by atoms with van der Waals surface area (Å²) >= 11 is 10.6. The van der Waals surface area contributed by atoms with E-state index in [1.165, 1.54) is 6.08 Å². The second-order valence-corrected chi connectivity index (χ2v) is 3.20. The lowest BCUT2D eigenvalue weighted by Crippen LogP contribution is -2.10. The SMILES string of the molecule is CC(C)C(O)C=C(Cl)Cl. The number of rotatable bonds is 2. The molecule has 0 heterocycles. The monoisotopic (exact) mass is 168 g/mol. The van der Waals surface area contributed by atoms with E-state index in [0.717, 1.165) is 0 Å². The lowest BCUT2D eigenvalue weighted by Gasteiger charge is -2.07. The van der Waals surface area contributed by atoms with Gasteiger partial charge in [0.2, 0.25) is 0 Å². The van der Waals surface area contributed by atoms with Crippen LogP contribution >= 0.6 is 23.2 Å². The molecule has 0 saturated heterocycles. The summed E-state index contributed by atoms with van der Waals surface area (Å²) in [5.74, 6) is 0.164. The van der Waals surface area contributed by atoms with E-state index in [0.29, 0.717) is 0 Å². The highest BCUT2D eigenvalue weighted by molar-refractivity contribution is 6.55. The Kier molecular flexibility index (Phi) is 4.28. The Labute approximate surface area is 65.3 Å². The molecule has 9 heavy (non-hydrogen) atoms. The molecule has 0 spiro atoms. The summed E-state index contributed by atoms with van der Waals surface area (Å²) in [5, 5.41) is 9.05. The fourth-order valence-corrected chi connectivity index (χ4v) is 0.580. The van der Waals surface area contributed by atoms with Crippen LogP contribution in [0.4, 0.5) is 0 Å². The number of halogens is 2. The smallest absolute Gasteiger partial charge is 0.105 e. The molecule has 0 aliphatic carbocycles. The van der Waals surface area contributed by atoms with Crippen LogP contribution in [0.1, 0.15) is 13.8 Å². The third-order valence-electron chi connectivity index (χ3n) is 0.980. The van der Waals surface area contributed by atoms with E-state index in [-0.39, 0.29) is 10.4 Å². The van der Waals surface area contributed by atoms with Crippen molar-refractivity contribution in [3.63, 3.8) is 0 Å². The quantitative estimate of drug-likeness (QED) is 0.672. The average molecular weight is 169 g/mol. The Morgan fingerprint density at radius 1 is 1.44 bits per heavy atom. The second kappa shape index (κ2) is 4.15. The first kappa shape index (κ1) is 9.28. The zero-order chi connectivity index (χ0) is 7.44. The molecule has 0 aromatic rings. The zero-order valence-corrected chi connectivity index (χ0v) is 6.95. The van der Waals surface area contributed by atoms with Crippen LogP contribution in [-0.2, 0) is 0 Å². The van der Waals surface area contributed by atoms with Gasteiger partial charge < -0.3 is 5.11 Å². The minimum absolute atomic E-state index is 0.121. The van der Waals surface area contributed by atoms with Gasteiger partial charge in [0, 0.05) is 0 Å². The van der Waals surface area contributed by atoms with E-state index < -0.39 is 6.10 Å². The number of aliphatic hydroxyl groups excluding tert-OH is 1. The van der Waals surface area contributed by atoms with Crippen LogP contribution in [0.25, 0.3) is 0 Å². The summed E-state index contributed by atoms with van der Waals surface area (Å²) < 4.78 is 0.121. The maximum Gasteiger partial charge on any atom is 0.105 e. The van der Waals surface area contributed by atoms with Gasteiger partial charge in [0.1, 0.15) is 4.49 Å². The number of hydrogen-bond acceptors (Lipinski definition) is 1. The van der Waals surface area contributed by atoms with E-state index in [1.807, 2.05) is 13.8 Å². The molecule has 0 saturated carbocycles. The van der Waals surface area contributed by atoms with Crippen molar-refractivity contribution in [2.45, 2.75) is 20.0 Å². The lowest BCUT2D eigenvalue weighted by molar-refractivity contribution is 0.172. The number of aliphatic hydroxyl groups is 1. The van der Waals surface area contributed by atoms with Gasteiger partial charge in [-0.15, -0.1) is 0 Å². The Morgan fingerprint density at radius 2 is 1.89 bits per heavy atom. The highest BCUT2D eigenvalue weighted by atomic mass is 35.5. The van der Waals surface area contributed by atoms with Crippen molar-refractivity contribution in [1.82, 2.24) is 0 Å². The highest BCUT2D eigenvalue weighted by Gasteiger charge is 2.04. The van der Waals surface area contributed by atoms with E-state index in [4.69, 9.17) is 28.3 Å². The first-order chi connectivity index (χ1) is 4.04. The van der Waals surface area contributed by atoms with E-state index in [2.05, 4.69) is 0 Å². The van der Waals surface area contributed by atoms with Gasteiger partial charge in [-0.1, -0.05) is 37.0 Å². The Bertz CT molecular complexity index is 106. The third-order valence-corrected chi connectivity index (χ3v) is 1.23. The van der Waals surface area contributed by atoms with Crippen LogP contribution < -0.4 is 0 Å². The molecule has 0 aromatic heterocycles. The maximum absolute atomic E-state index is 9.05.